The predicted molar refractivity (Wildman–Crippen MR) is 103 cm³/mol. The molecule has 3 aromatic heterocycles. The summed E-state index contributed by atoms with van der Waals surface area (Å²) in [5.41, 5.74) is 4.25. The van der Waals surface area contributed by atoms with Gasteiger partial charge in [-0.3, -0.25) is 14.6 Å². The standard InChI is InChI=1S/C21H18N4O2/c1-2-9-25-20(21(26)27)12-19(24-25)15-7-8-22-18(11-15)16-10-14-5-3-4-6-17(14)23-13-16/h3-8,10-13H,2,9H2,1H3,(H,26,27). The van der Waals surface area contributed by atoms with Crippen molar-refractivity contribution in [3.63, 3.8) is 0 Å². The number of aromatic nitrogens is 4. The summed E-state index contributed by atoms with van der Waals surface area (Å²) >= 11 is 0. The summed E-state index contributed by atoms with van der Waals surface area (Å²) in [7, 11) is 0. The topological polar surface area (TPSA) is 80.9 Å². The van der Waals surface area contributed by atoms with E-state index in [4.69, 9.17) is 0 Å². The number of aromatic carboxylic acids is 1. The molecular weight excluding hydrogens is 340 g/mol. The quantitative estimate of drug-likeness (QED) is 0.576. The molecule has 0 radical (unpaired) electrons. The van der Waals surface area contributed by atoms with Crippen LogP contribution in [0.2, 0.25) is 0 Å². The molecule has 27 heavy (non-hydrogen) atoms. The first kappa shape index (κ1) is 16.9. The van der Waals surface area contributed by atoms with Crippen LogP contribution in [0, 0.1) is 0 Å². The van der Waals surface area contributed by atoms with E-state index in [2.05, 4.69) is 15.1 Å². The summed E-state index contributed by atoms with van der Waals surface area (Å²) in [5.74, 6) is -0.977. The number of aryl methyl sites for hydroxylation is 1. The van der Waals surface area contributed by atoms with Gasteiger partial charge in [-0.05, 0) is 36.8 Å². The molecule has 0 saturated carbocycles. The van der Waals surface area contributed by atoms with Gasteiger partial charge >= 0.3 is 5.97 Å². The lowest BCUT2D eigenvalue weighted by Gasteiger charge is -2.05. The lowest BCUT2D eigenvalue weighted by atomic mass is 10.1. The summed E-state index contributed by atoms with van der Waals surface area (Å²) in [5, 5.41) is 14.9. The van der Waals surface area contributed by atoms with Crippen LogP contribution in [-0.4, -0.2) is 30.8 Å². The number of hydrogen-bond acceptors (Lipinski definition) is 4. The van der Waals surface area contributed by atoms with Crippen molar-refractivity contribution in [2.45, 2.75) is 19.9 Å². The van der Waals surface area contributed by atoms with E-state index in [1.54, 1.807) is 18.5 Å². The number of rotatable bonds is 5. The first-order chi connectivity index (χ1) is 13.2. The normalized spacial score (nSPS) is 11.0. The molecule has 6 heteroatoms. The number of carbonyl (C=O) groups is 1. The first-order valence-corrected chi connectivity index (χ1v) is 8.78. The minimum atomic E-state index is -0.977. The number of nitrogens with zero attached hydrogens (tertiary/aromatic N) is 4. The Balaban J connectivity index is 1.76. The van der Waals surface area contributed by atoms with Crippen LogP contribution >= 0.6 is 0 Å². The van der Waals surface area contributed by atoms with Crippen molar-refractivity contribution >= 4 is 16.9 Å². The van der Waals surface area contributed by atoms with E-state index < -0.39 is 5.97 Å². The third-order valence-corrected chi connectivity index (χ3v) is 4.38. The fourth-order valence-electron chi connectivity index (χ4n) is 3.07. The first-order valence-electron chi connectivity index (χ1n) is 8.78. The minimum absolute atomic E-state index is 0.192. The van der Waals surface area contributed by atoms with Crippen LogP contribution in [0.3, 0.4) is 0 Å². The molecule has 0 aliphatic rings. The van der Waals surface area contributed by atoms with Gasteiger partial charge < -0.3 is 5.11 Å². The largest absolute Gasteiger partial charge is 0.477 e. The van der Waals surface area contributed by atoms with Crippen molar-refractivity contribution in [2.75, 3.05) is 0 Å². The Labute approximate surface area is 156 Å². The Hall–Kier alpha value is -3.54. The monoisotopic (exact) mass is 358 g/mol. The maximum Gasteiger partial charge on any atom is 0.354 e. The fourth-order valence-corrected chi connectivity index (χ4v) is 3.07. The molecule has 0 saturated heterocycles. The molecule has 0 aliphatic carbocycles. The fraction of sp³-hybridized carbons (Fsp3) is 0.143. The van der Waals surface area contributed by atoms with E-state index in [1.807, 2.05) is 49.4 Å². The smallest absolute Gasteiger partial charge is 0.354 e. The minimum Gasteiger partial charge on any atom is -0.477 e. The third kappa shape index (κ3) is 3.29. The Kier molecular flexibility index (Phi) is 4.38. The average molecular weight is 358 g/mol. The van der Waals surface area contributed by atoms with Gasteiger partial charge in [-0.1, -0.05) is 25.1 Å². The second-order valence-electron chi connectivity index (χ2n) is 6.29. The molecule has 4 rings (SSSR count). The Morgan fingerprint density at radius 1 is 1.04 bits per heavy atom. The maximum atomic E-state index is 11.5. The number of hydrogen-bond donors (Lipinski definition) is 1. The van der Waals surface area contributed by atoms with Gasteiger partial charge in [0.2, 0.25) is 0 Å². The molecule has 3 heterocycles. The number of para-hydroxylation sites is 1. The van der Waals surface area contributed by atoms with Gasteiger partial charge in [-0.25, -0.2) is 4.79 Å². The second kappa shape index (κ2) is 6.99. The highest BCUT2D eigenvalue weighted by Crippen LogP contribution is 2.26. The van der Waals surface area contributed by atoms with Crippen LogP contribution < -0.4 is 0 Å². The van der Waals surface area contributed by atoms with E-state index in [9.17, 15) is 9.90 Å². The van der Waals surface area contributed by atoms with Crippen molar-refractivity contribution in [3.05, 3.63) is 66.6 Å². The van der Waals surface area contributed by atoms with Crippen molar-refractivity contribution in [1.29, 1.82) is 0 Å². The molecule has 1 aromatic carbocycles. The average Bonchev–Trinajstić information content (AvgIpc) is 3.12. The van der Waals surface area contributed by atoms with Crippen LogP contribution in [0.5, 0.6) is 0 Å². The van der Waals surface area contributed by atoms with Crippen molar-refractivity contribution < 1.29 is 9.90 Å². The second-order valence-corrected chi connectivity index (χ2v) is 6.29. The molecule has 0 aliphatic heterocycles. The van der Waals surface area contributed by atoms with Gasteiger partial charge in [0.1, 0.15) is 5.69 Å². The van der Waals surface area contributed by atoms with E-state index in [0.717, 1.165) is 34.1 Å². The SMILES string of the molecule is CCCn1nc(-c2ccnc(-c3cnc4ccccc4c3)c2)cc1C(=O)O. The van der Waals surface area contributed by atoms with Crippen molar-refractivity contribution in [2.24, 2.45) is 0 Å². The van der Waals surface area contributed by atoms with Gasteiger partial charge in [0, 0.05) is 35.5 Å². The Morgan fingerprint density at radius 3 is 2.70 bits per heavy atom. The number of fused-ring (bicyclic) bond motifs is 1. The number of carboxylic acids is 1. The number of carboxylic acid groups (broad SMARTS) is 1. The zero-order valence-electron chi connectivity index (χ0n) is 14.8. The zero-order chi connectivity index (χ0) is 18.8. The lowest BCUT2D eigenvalue weighted by molar-refractivity contribution is 0.0683. The van der Waals surface area contributed by atoms with Crippen LogP contribution in [-0.2, 0) is 6.54 Å². The molecule has 0 spiro atoms. The lowest BCUT2D eigenvalue weighted by Crippen LogP contribution is -2.09. The van der Waals surface area contributed by atoms with E-state index in [1.165, 1.54) is 4.68 Å². The molecule has 4 aromatic rings. The summed E-state index contributed by atoms with van der Waals surface area (Å²) in [6, 6.07) is 15.3. The molecule has 6 nitrogen and oxygen atoms in total. The van der Waals surface area contributed by atoms with E-state index >= 15 is 0 Å². The molecule has 134 valence electrons. The Bertz CT molecular complexity index is 1130. The predicted octanol–water partition coefficient (Wildman–Crippen LogP) is 4.27. The molecule has 0 fully saturated rings. The molecule has 1 N–H and O–H groups in total. The Morgan fingerprint density at radius 2 is 1.89 bits per heavy atom. The van der Waals surface area contributed by atoms with Crippen LogP contribution in [0.25, 0.3) is 33.4 Å². The molecule has 0 unspecified atom stereocenters. The highest BCUT2D eigenvalue weighted by atomic mass is 16.4. The maximum absolute atomic E-state index is 11.5. The summed E-state index contributed by atoms with van der Waals surface area (Å²) < 4.78 is 1.54. The zero-order valence-corrected chi connectivity index (χ0v) is 14.8. The van der Waals surface area contributed by atoms with Gasteiger partial charge in [0.15, 0.2) is 0 Å². The highest BCUT2D eigenvalue weighted by Gasteiger charge is 2.15. The number of benzene rings is 1. The van der Waals surface area contributed by atoms with Crippen molar-refractivity contribution in [3.8, 4) is 22.5 Å². The molecule has 0 bridgehead atoms. The van der Waals surface area contributed by atoms with Crippen molar-refractivity contribution in [1.82, 2.24) is 19.7 Å². The molecular formula is C21H18N4O2. The van der Waals surface area contributed by atoms with Crippen LogP contribution in [0.4, 0.5) is 0 Å². The molecule has 0 atom stereocenters. The highest BCUT2D eigenvalue weighted by molar-refractivity contribution is 5.87. The van der Waals surface area contributed by atoms with Gasteiger partial charge in [-0.15, -0.1) is 0 Å². The van der Waals surface area contributed by atoms with Gasteiger partial charge in [0.05, 0.1) is 16.9 Å². The summed E-state index contributed by atoms with van der Waals surface area (Å²) in [6.07, 6.45) is 4.32. The van der Waals surface area contributed by atoms with E-state index in [-0.39, 0.29) is 5.69 Å². The van der Waals surface area contributed by atoms with Crippen LogP contribution in [0.15, 0.2) is 60.9 Å². The van der Waals surface area contributed by atoms with Gasteiger partial charge in [0.25, 0.3) is 0 Å². The number of pyridine rings is 2. The third-order valence-electron chi connectivity index (χ3n) is 4.38. The van der Waals surface area contributed by atoms with Gasteiger partial charge in [-0.2, -0.15) is 5.10 Å². The van der Waals surface area contributed by atoms with Crippen LogP contribution in [0.1, 0.15) is 23.8 Å². The summed E-state index contributed by atoms with van der Waals surface area (Å²) in [6.45, 7) is 2.55. The molecule has 0 amide bonds. The summed E-state index contributed by atoms with van der Waals surface area (Å²) in [4.78, 5) is 20.4. The van der Waals surface area contributed by atoms with E-state index in [0.29, 0.717) is 12.2 Å².